The highest BCUT2D eigenvalue weighted by Gasteiger charge is 2.38. The van der Waals surface area contributed by atoms with E-state index in [9.17, 15) is 9.59 Å². The number of carbonyl (C=O) groups excluding carboxylic acids is 2. The standard InChI is InChI=1S/C21H31N3O3/c1-22(2)21(26)23-13-18-10-11-19(15-23)24(14-18)20(25)9-6-12-27-16-17-7-4-3-5-8-17/h3-5,7-8,18-19H,6,9-16H2,1-2H3/t18-,19+/m1/s1. The quantitative estimate of drug-likeness (QED) is 0.720. The molecule has 3 fully saturated rings. The molecule has 0 radical (unpaired) electrons. The van der Waals surface area contributed by atoms with Gasteiger partial charge in [0, 0.05) is 52.8 Å². The van der Waals surface area contributed by atoms with Crippen LogP contribution in [0.5, 0.6) is 0 Å². The SMILES string of the molecule is CN(C)C(=O)N1C[C@H]2CC[C@@H](C1)N(C(=O)CCCOCc1ccccc1)C2. The fourth-order valence-electron chi connectivity index (χ4n) is 4.06. The largest absolute Gasteiger partial charge is 0.377 e. The first-order chi connectivity index (χ1) is 13.0. The summed E-state index contributed by atoms with van der Waals surface area (Å²) in [5.41, 5.74) is 1.15. The molecule has 6 heteroatoms. The lowest BCUT2D eigenvalue weighted by molar-refractivity contribution is -0.135. The molecule has 1 aromatic carbocycles. The van der Waals surface area contributed by atoms with E-state index in [0.717, 1.165) is 37.9 Å². The lowest BCUT2D eigenvalue weighted by Gasteiger charge is -2.36. The van der Waals surface area contributed by atoms with Gasteiger partial charge in [-0.3, -0.25) is 4.79 Å². The van der Waals surface area contributed by atoms with Gasteiger partial charge < -0.3 is 19.4 Å². The molecule has 2 atom stereocenters. The van der Waals surface area contributed by atoms with E-state index in [1.807, 2.05) is 40.1 Å². The zero-order valence-electron chi connectivity index (χ0n) is 16.5. The van der Waals surface area contributed by atoms with Gasteiger partial charge in [0.25, 0.3) is 0 Å². The molecule has 3 amide bonds. The van der Waals surface area contributed by atoms with Crippen LogP contribution in [0.15, 0.2) is 30.3 Å². The van der Waals surface area contributed by atoms with E-state index in [1.54, 1.807) is 19.0 Å². The molecule has 3 aliphatic rings. The van der Waals surface area contributed by atoms with Crippen LogP contribution in [0, 0.1) is 5.92 Å². The van der Waals surface area contributed by atoms with Crippen LogP contribution in [-0.4, -0.2) is 73.0 Å². The van der Waals surface area contributed by atoms with Crippen LogP contribution >= 0.6 is 0 Å². The van der Waals surface area contributed by atoms with Gasteiger partial charge in [-0.25, -0.2) is 4.79 Å². The van der Waals surface area contributed by atoms with Crippen molar-refractivity contribution in [3.8, 4) is 0 Å². The molecule has 3 saturated heterocycles. The summed E-state index contributed by atoms with van der Waals surface area (Å²) in [5.74, 6) is 0.595. The Labute approximate surface area is 162 Å². The fraction of sp³-hybridized carbons (Fsp3) is 0.619. The lowest BCUT2D eigenvalue weighted by Crippen LogP contribution is -2.48. The summed E-state index contributed by atoms with van der Waals surface area (Å²) in [5, 5.41) is 0. The minimum Gasteiger partial charge on any atom is -0.377 e. The molecule has 0 saturated carbocycles. The summed E-state index contributed by atoms with van der Waals surface area (Å²) in [6.45, 7) is 3.38. The van der Waals surface area contributed by atoms with Gasteiger partial charge in [0.05, 0.1) is 6.61 Å². The van der Waals surface area contributed by atoms with Gasteiger partial charge in [-0.15, -0.1) is 0 Å². The number of nitrogens with zero attached hydrogens (tertiary/aromatic N) is 3. The maximum atomic E-state index is 12.7. The average Bonchev–Trinajstić information content (AvgIpc) is 2.99. The van der Waals surface area contributed by atoms with Crippen LogP contribution < -0.4 is 0 Å². The third kappa shape index (κ3) is 5.22. The van der Waals surface area contributed by atoms with Crippen LogP contribution in [0.3, 0.4) is 0 Å². The molecule has 0 unspecified atom stereocenters. The number of fused-ring (bicyclic) bond motifs is 4. The first-order valence-electron chi connectivity index (χ1n) is 9.92. The van der Waals surface area contributed by atoms with Crippen molar-refractivity contribution in [3.63, 3.8) is 0 Å². The number of piperidine rings is 1. The molecule has 27 heavy (non-hydrogen) atoms. The van der Waals surface area contributed by atoms with E-state index in [1.165, 1.54) is 0 Å². The van der Waals surface area contributed by atoms with Gasteiger partial charge in [0.2, 0.25) is 5.91 Å². The Morgan fingerprint density at radius 1 is 1.11 bits per heavy atom. The molecular formula is C21H31N3O3. The van der Waals surface area contributed by atoms with E-state index >= 15 is 0 Å². The Balaban J connectivity index is 1.44. The second kappa shape index (κ2) is 9.22. The summed E-state index contributed by atoms with van der Waals surface area (Å²) >= 11 is 0. The van der Waals surface area contributed by atoms with Gasteiger partial charge in [-0.1, -0.05) is 30.3 Å². The second-order valence-corrected chi connectivity index (χ2v) is 7.87. The molecule has 4 rings (SSSR count). The number of carbonyl (C=O) groups is 2. The fourth-order valence-corrected chi connectivity index (χ4v) is 4.06. The Morgan fingerprint density at radius 2 is 1.89 bits per heavy atom. The summed E-state index contributed by atoms with van der Waals surface area (Å²) in [4.78, 5) is 30.6. The first-order valence-corrected chi connectivity index (χ1v) is 9.92. The summed E-state index contributed by atoms with van der Waals surface area (Å²) in [6.07, 6.45) is 3.35. The first kappa shape index (κ1) is 19.7. The predicted molar refractivity (Wildman–Crippen MR) is 104 cm³/mol. The highest BCUT2D eigenvalue weighted by Crippen LogP contribution is 2.29. The van der Waals surface area contributed by atoms with Crippen molar-refractivity contribution >= 4 is 11.9 Å². The van der Waals surface area contributed by atoms with E-state index in [4.69, 9.17) is 4.74 Å². The topological polar surface area (TPSA) is 53.1 Å². The van der Waals surface area contributed by atoms with E-state index < -0.39 is 0 Å². The molecule has 0 N–H and O–H groups in total. The van der Waals surface area contributed by atoms with E-state index in [-0.39, 0.29) is 18.0 Å². The lowest BCUT2D eigenvalue weighted by atomic mass is 9.94. The molecule has 148 valence electrons. The predicted octanol–water partition coefficient (Wildman–Crippen LogP) is 2.59. The van der Waals surface area contributed by atoms with Gasteiger partial charge >= 0.3 is 6.03 Å². The smallest absolute Gasteiger partial charge is 0.319 e. The Hall–Kier alpha value is -2.08. The molecule has 0 aromatic heterocycles. The van der Waals surface area contributed by atoms with Crippen molar-refractivity contribution in [2.45, 2.75) is 38.3 Å². The van der Waals surface area contributed by atoms with Crippen LogP contribution in [0.25, 0.3) is 0 Å². The van der Waals surface area contributed by atoms with Crippen LogP contribution in [0.1, 0.15) is 31.2 Å². The highest BCUT2D eigenvalue weighted by molar-refractivity contribution is 5.77. The van der Waals surface area contributed by atoms with Gasteiger partial charge in [0.1, 0.15) is 0 Å². The molecular weight excluding hydrogens is 342 g/mol. The van der Waals surface area contributed by atoms with Crippen molar-refractivity contribution < 1.29 is 14.3 Å². The third-order valence-electron chi connectivity index (χ3n) is 5.48. The maximum Gasteiger partial charge on any atom is 0.319 e. The van der Waals surface area contributed by atoms with Crippen molar-refractivity contribution in [1.29, 1.82) is 0 Å². The highest BCUT2D eigenvalue weighted by atomic mass is 16.5. The van der Waals surface area contributed by atoms with Gasteiger partial charge in [-0.05, 0) is 30.7 Å². The molecule has 3 heterocycles. The monoisotopic (exact) mass is 373 g/mol. The molecule has 3 aliphatic heterocycles. The van der Waals surface area contributed by atoms with Crippen LogP contribution in [0.2, 0.25) is 0 Å². The van der Waals surface area contributed by atoms with Gasteiger partial charge in [-0.2, -0.15) is 0 Å². The van der Waals surface area contributed by atoms with Crippen molar-refractivity contribution in [3.05, 3.63) is 35.9 Å². The number of hydrogen-bond donors (Lipinski definition) is 0. The number of hydrogen-bond acceptors (Lipinski definition) is 3. The number of amides is 3. The number of urea groups is 1. The summed E-state index contributed by atoms with van der Waals surface area (Å²) in [7, 11) is 3.57. The molecule has 0 spiro atoms. The zero-order valence-corrected chi connectivity index (χ0v) is 16.5. The molecule has 6 nitrogen and oxygen atoms in total. The number of rotatable bonds is 6. The Bertz CT molecular complexity index is 635. The van der Waals surface area contributed by atoms with E-state index in [2.05, 4.69) is 0 Å². The molecule has 1 aromatic rings. The normalized spacial score (nSPS) is 21.9. The minimum atomic E-state index is 0.0514. The number of ether oxygens (including phenoxy) is 1. The Kier molecular flexibility index (Phi) is 6.72. The van der Waals surface area contributed by atoms with Crippen molar-refractivity contribution in [2.24, 2.45) is 5.92 Å². The number of benzene rings is 1. The molecule has 2 bridgehead atoms. The van der Waals surface area contributed by atoms with Crippen LogP contribution in [0.4, 0.5) is 4.79 Å². The maximum absolute atomic E-state index is 12.7. The van der Waals surface area contributed by atoms with Crippen LogP contribution in [-0.2, 0) is 16.1 Å². The van der Waals surface area contributed by atoms with Gasteiger partial charge in [0.15, 0.2) is 0 Å². The average molecular weight is 373 g/mol. The van der Waals surface area contributed by atoms with Crippen molar-refractivity contribution in [2.75, 3.05) is 40.3 Å². The Morgan fingerprint density at radius 3 is 2.63 bits per heavy atom. The van der Waals surface area contributed by atoms with E-state index in [0.29, 0.717) is 32.1 Å². The zero-order chi connectivity index (χ0) is 19.2. The second-order valence-electron chi connectivity index (χ2n) is 7.87. The molecule has 0 aliphatic carbocycles. The summed E-state index contributed by atoms with van der Waals surface area (Å²) < 4.78 is 5.69. The minimum absolute atomic E-state index is 0.0514. The summed E-state index contributed by atoms with van der Waals surface area (Å²) in [6, 6.07) is 10.3. The van der Waals surface area contributed by atoms with Crippen molar-refractivity contribution in [1.82, 2.24) is 14.7 Å². The third-order valence-corrected chi connectivity index (χ3v) is 5.48.